The van der Waals surface area contributed by atoms with Crippen molar-refractivity contribution < 1.29 is 0 Å². The Morgan fingerprint density at radius 3 is 2.82 bits per heavy atom. The van der Waals surface area contributed by atoms with Gasteiger partial charge in [-0.1, -0.05) is 11.8 Å². The van der Waals surface area contributed by atoms with Crippen LogP contribution >= 0.6 is 11.8 Å². The Hall–Kier alpha value is -1.34. The molecule has 0 saturated heterocycles. The molecule has 2 heterocycles. The van der Waals surface area contributed by atoms with Gasteiger partial charge in [-0.3, -0.25) is 4.68 Å². The number of hydrogen-bond donors (Lipinski definition) is 1. The van der Waals surface area contributed by atoms with E-state index < -0.39 is 0 Å². The maximum atomic E-state index is 5.51. The van der Waals surface area contributed by atoms with Crippen LogP contribution in [0, 0.1) is 0 Å². The molecule has 0 bridgehead atoms. The lowest BCUT2D eigenvalue weighted by molar-refractivity contribution is 0.721. The van der Waals surface area contributed by atoms with E-state index in [-0.39, 0.29) is 0 Å². The van der Waals surface area contributed by atoms with E-state index >= 15 is 0 Å². The van der Waals surface area contributed by atoms with Crippen molar-refractivity contribution in [3.8, 4) is 0 Å². The van der Waals surface area contributed by atoms with Crippen LogP contribution in [0.1, 0.15) is 11.5 Å². The standard InChI is InChI=1S/C10H16N6S/c1-15-9(3-5-11)13-14-10(15)17-7-8-4-6-12-16(8)2/h4,6H,3,5,7,11H2,1-2H3. The van der Waals surface area contributed by atoms with E-state index in [4.69, 9.17) is 5.73 Å². The van der Waals surface area contributed by atoms with Gasteiger partial charge in [0.2, 0.25) is 0 Å². The van der Waals surface area contributed by atoms with Crippen LogP contribution in [-0.4, -0.2) is 31.1 Å². The largest absolute Gasteiger partial charge is 0.330 e. The molecule has 0 radical (unpaired) electrons. The zero-order chi connectivity index (χ0) is 12.3. The number of aromatic nitrogens is 5. The minimum absolute atomic E-state index is 0.596. The summed E-state index contributed by atoms with van der Waals surface area (Å²) < 4.78 is 3.86. The average Bonchev–Trinajstić information content (AvgIpc) is 2.86. The summed E-state index contributed by atoms with van der Waals surface area (Å²) >= 11 is 1.65. The lowest BCUT2D eigenvalue weighted by atomic mass is 10.4. The van der Waals surface area contributed by atoms with Crippen LogP contribution in [0.4, 0.5) is 0 Å². The van der Waals surface area contributed by atoms with Crippen LogP contribution in [0.5, 0.6) is 0 Å². The van der Waals surface area contributed by atoms with Crippen molar-refractivity contribution in [3.05, 3.63) is 23.8 Å². The third-order valence-corrected chi connectivity index (χ3v) is 3.62. The molecule has 6 nitrogen and oxygen atoms in total. The SMILES string of the molecule is Cn1nccc1CSc1nnc(CCN)n1C. The van der Waals surface area contributed by atoms with Crippen LogP contribution < -0.4 is 5.73 Å². The smallest absolute Gasteiger partial charge is 0.191 e. The van der Waals surface area contributed by atoms with E-state index in [1.54, 1.807) is 18.0 Å². The van der Waals surface area contributed by atoms with Gasteiger partial charge in [-0.15, -0.1) is 10.2 Å². The molecule has 0 spiro atoms. The average molecular weight is 252 g/mol. The zero-order valence-corrected chi connectivity index (χ0v) is 10.8. The van der Waals surface area contributed by atoms with Gasteiger partial charge < -0.3 is 10.3 Å². The second-order valence-corrected chi connectivity index (χ2v) is 4.67. The van der Waals surface area contributed by atoms with Gasteiger partial charge in [-0.05, 0) is 12.6 Å². The molecular weight excluding hydrogens is 236 g/mol. The molecule has 0 aliphatic carbocycles. The summed E-state index contributed by atoms with van der Waals surface area (Å²) in [5.41, 5.74) is 6.68. The lowest BCUT2D eigenvalue weighted by Gasteiger charge is -2.03. The number of hydrogen-bond acceptors (Lipinski definition) is 5. The van der Waals surface area contributed by atoms with E-state index in [0.717, 1.165) is 23.2 Å². The Balaban J connectivity index is 2.02. The third kappa shape index (κ3) is 2.67. The van der Waals surface area contributed by atoms with Gasteiger partial charge in [0.1, 0.15) is 5.82 Å². The van der Waals surface area contributed by atoms with Gasteiger partial charge in [-0.2, -0.15) is 5.10 Å². The lowest BCUT2D eigenvalue weighted by Crippen LogP contribution is -2.08. The number of thioether (sulfide) groups is 1. The normalized spacial score (nSPS) is 11.0. The predicted molar refractivity (Wildman–Crippen MR) is 66.5 cm³/mol. The molecule has 0 aromatic carbocycles. The first-order chi connectivity index (χ1) is 8.22. The van der Waals surface area contributed by atoms with Gasteiger partial charge in [0.05, 0.1) is 0 Å². The van der Waals surface area contributed by atoms with E-state index in [9.17, 15) is 0 Å². The molecular formula is C10H16N6S. The van der Waals surface area contributed by atoms with E-state index in [1.165, 1.54) is 5.69 Å². The highest BCUT2D eigenvalue weighted by molar-refractivity contribution is 7.98. The van der Waals surface area contributed by atoms with Gasteiger partial charge in [0, 0.05) is 38.2 Å². The van der Waals surface area contributed by atoms with Crippen LogP contribution in [0.25, 0.3) is 0 Å². The molecule has 0 unspecified atom stereocenters. The second-order valence-electron chi connectivity index (χ2n) is 3.73. The first-order valence-electron chi connectivity index (χ1n) is 5.40. The van der Waals surface area contributed by atoms with Crippen molar-refractivity contribution in [1.82, 2.24) is 24.5 Å². The number of nitrogens with two attached hydrogens (primary N) is 1. The fourth-order valence-corrected chi connectivity index (χ4v) is 2.46. The van der Waals surface area contributed by atoms with Gasteiger partial charge in [0.25, 0.3) is 0 Å². The van der Waals surface area contributed by atoms with E-state index in [0.29, 0.717) is 6.54 Å². The van der Waals surface area contributed by atoms with Crippen molar-refractivity contribution >= 4 is 11.8 Å². The number of nitrogens with zero attached hydrogens (tertiary/aromatic N) is 5. The fraction of sp³-hybridized carbons (Fsp3) is 0.500. The van der Waals surface area contributed by atoms with Gasteiger partial charge in [-0.25, -0.2) is 0 Å². The quantitative estimate of drug-likeness (QED) is 0.777. The Labute approximate surface area is 104 Å². The summed E-state index contributed by atoms with van der Waals surface area (Å²) in [7, 11) is 3.91. The van der Waals surface area contributed by atoms with Crippen LogP contribution in [0.15, 0.2) is 17.4 Å². The van der Waals surface area contributed by atoms with Crippen molar-refractivity contribution in [2.45, 2.75) is 17.3 Å². The molecule has 0 atom stereocenters. The van der Waals surface area contributed by atoms with Crippen molar-refractivity contribution in [3.63, 3.8) is 0 Å². The zero-order valence-electron chi connectivity index (χ0n) is 10.00. The Morgan fingerprint density at radius 2 is 2.18 bits per heavy atom. The predicted octanol–water partition coefficient (Wildman–Crippen LogP) is 0.342. The second kappa shape index (κ2) is 5.33. The maximum Gasteiger partial charge on any atom is 0.191 e. The first kappa shape index (κ1) is 12.1. The summed E-state index contributed by atoms with van der Waals surface area (Å²) in [6, 6.07) is 2.00. The highest BCUT2D eigenvalue weighted by Crippen LogP contribution is 2.20. The molecule has 7 heteroatoms. The number of aryl methyl sites for hydroxylation is 1. The molecule has 2 aromatic rings. The highest BCUT2D eigenvalue weighted by atomic mass is 32.2. The highest BCUT2D eigenvalue weighted by Gasteiger charge is 2.09. The molecule has 0 fully saturated rings. The van der Waals surface area contributed by atoms with Crippen molar-refractivity contribution in [2.24, 2.45) is 19.8 Å². The summed E-state index contributed by atoms with van der Waals surface area (Å²) in [6.45, 7) is 0.596. The Bertz CT molecular complexity index is 489. The van der Waals surface area contributed by atoms with Crippen molar-refractivity contribution in [2.75, 3.05) is 6.54 Å². The van der Waals surface area contributed by atoms with E-state index in [1.807, 2.05) is 29.4 Å². The Morgan fingerprint density at radius 1 is 1.35 bits per heavy atom. The molecule has 2 N–H and O–H groups in total. The Kier molecular flexibility index (Phi) is 3.80. The third-order valence-electron chi connectivity index (χ3n) is 2.56. The van der Waals surface area contributed by atoms with Crippen LogP contribution in [0.2, 0.25) is 0 Å². The fourth-order valence-electron chi connectivity index (χ4n) is 1.50. The van der Waals surface area contributed by atoms with Crippen LogP contribution in [0.3, 0.4) is 0 Å². The minimum Gasteiger partial charge on any atom is -0.330 e. The summed E-state index contributed by atoms with van der Waals surface area (Å²) in [6.07, 6.45) is 2.56. The van der Waals surface area contributed by atoms with E-state index in [2.05, 4.69) is 15.3 Å². The monoisotopic (exact) mass is 252 g/mol. The molecule has 0 saturated carbocycles. The van der Waals surface area contributed by atoms with Gasteiger partial charge in [0.15, 0.2) is 5.16 Å². The summed E-state index contributed by atoms with van der Waals surface area (Å²) in [5, 5.41) is 13.3. The first-order valence-corrected chi connectivity index (χ1v) is 6.39. The van der Waals surface area contributed by atoms with Gasteiger partial charge >= 0.3 is 0 Å². The van der Waals surface area contributed by atoms with Crippen molar-refractivity contribution in [1.29, 1.82) is 0 Å². The maximum absolute atomic E-state index is 5.51. The molecule has 0 aliphatic heterocycles. The molecule has 92 valence electrons. The topological polar surface area (TPSA) is 74.6 Å². The molecule has 2 aromatic heterocycles. The minimum atomic E-state index is 0.596. The molecule has 17 heavy (non-hydrogen) atoms. The summed E-state index contributed by atoms with van der Waals surface area (Å²) in [4.78, 5) is 0. The van der Waals surface area contributed by atoms with Crippen LogP contribution in [-0.2, 0) is 26.3 Å². The number of rotatable bonds is 5. The molecule has 0 amide bonds. The molecule has 2 rings (SSSR count). The molecule has 0 aliphatic rings. The summed E-state index contributed by atoms with van der Waals surface area (Å²) in [5.74, 6) is 1.77.